The number of carbonyl (C=O) groups is 2. The molecule has 3 aromatic heterocycles. The van der Waals surface area contributed by atoms with Crippen LogP contribution in [0.1, 0.15) is 61.9 Å². The van der Waals surface area contributed by atoms with Crippen LogP contribution in [0.2, 0.25) is 0 Å². The molecule has 0 aliphatic carbocycles. The molecular formula is C30H37N7O3S. The molecule has 5 heterocycles. The summed E-state index contributed by atoms with van der Waals surface area (Å²) in [4.78, 5) is 44.7. The van der Waals surface area contributed by atoms with Gasteiger partial charge >= 0.3 is 11.8 Å². The molecule has 4 aromatic rings. The lowest BCUT2D eigenvalue weighted by molar-refractivity contribution is -0.146. The van der Waals surface area contributed by atoms with Gasteiger partial charge in [0.25, 0.3) is 0 Å². The molecule has 1 unspecified atom stereocenters. The van der Waals surface area contributed by atoms with Crippen LogP contribution in [-0.4, -0.2) is 74.9 Å². The van der Waals surface area contributed by atoms with E-state index < -0.39 is 11.8 Å². The quantitative estimate of drug-likeness (QED) is 0.330. The van der Waals surface area contributed by atoms with Gasteiger partial charge in [-0.25, -0.2) is 9.97 Å². The first-order chi connectivity index (χ1) is 19.9. The fourth-order valence-electron chi connectivity index (χ4n) is 5.90. The van der Waals surface area contributed by atoms with Crippen LogP contribution in [0, 0.1) is 5.92 Å². The topological polar surface area (TPSA) is 105 Å². The van der Waals surface area contributed by atoms with Crippen molar-refractivity contribution in [2.24, 2.45) is 5.92 Å². The number of likely N-dealkylation sites (tertiary alicyclic amines) is 1. The summed E-state index contributed by atoms with van der Waals surface area (Å²) >= 11 is 1.72. The summed E-state index contributed by atoms with van der Waals surface area (Å²) < 4.78 is 9.05. The molecule has 41 heavy (non-hydrogen) atoms. The van der Waals surface area contributed by atoms with Crippen molar-refractivity contribution in [1.82, 2.24) is 29.3 Å². The molecule has 0 saturated carbocycles. The number of benzene rings is 1. The number of anilines is 1. The predicted octanol–water partition coefficient (Wildman–Crippen LogP) is 4.78. The van der Waals surface area contributed by atoms with Gasteiger partial charge in [0.15, 0.2) is 0 Å². The van der Waals surface area contributed by atoms with E-state index in [-0.39, 0.29) is 12.3 Å². The molecule has 2 aliphatic heterocycles. The highest BCUT2D eigenvalue weighted by Gasteiger charge is 2.35. The van der Waals surface area contributed by atoms with Gasteiger partial charge in [-0.2, -0.15) is 0 Å². The van der Waals surface area contributed by atoms with E-state index in [0.29, 0.717) is 30.3 Å². The van der Waals surface area contributed by atoms with Gasteiger partial charge < -0.3 is 24.4 Å². The number of thiazole rings is 1. The van der Waals surface area contributed by atoms with Crippen LogP contribution in [0.3, 0.4) is 0 Å². The van der Waals surface area contributed by atoms with E-state index in [1.165, 1.54) is 0 Å². The zero-order valence-electron chi connectivity index (χ0n) is 23.9. The van der Waals surface area contributed by atoms with E-state index in [1.807, 2.05) is 4.57 Å². The number of pyridine rings is 1. The number of ether oxygens (including phenoxy) is 1. The van der Waals surface area contributed by atoms with Gasteiger partial charge in [-0.3, -0.25) is 14.6 Å². The number of amides is 2. The second-order valence-electron chi connectivity index (χ2n) is 11.5. The molecule has 2 fully saturated rings. The number of nitrogens with one attached hydrogen (secondary N) is 1. The maximum atomic E-state index is 13.7. The molecule has 1 N–H and O–H groups in total. The summed E-state index contributed by atoms with van der Waals surface area (Å²) in [6.07, 6.45) is 10.5. The molecule has 10 nitrogen and oxygen atoms in total. The summed E-state index contributed by atoms with van der Waals surface area (Å²) in [5.41, 5.74) is 3.80. The van der Waals surface area contributed by atoms with E-state index in [9.17, 15) is 9.59 Å². The third kappa shape index (κ3) is 5.84. The molecule has 0 spiro atoms. The van der Waals surface area contributed by atoms with Crippen molar-refractivity contribution in [3.05, 3.63) is 47.5 Å². The van der Waals surface area contributed by atoms with Crippen molar-refractivity contribution in [2.75, 3.05) is 39.1 Å². The number of fused-ring (bicyclic) bond motifs is 2. The third-order valence-electron chi connectivity index (χ3n) is 8.08. The predicted molar refractivity (Wildman–Crippen MR) is 160 cm³/mol. The van der Waals surface area contributed by atoms with Gasteiger partial charge in [0.2, 0.25) is 0 Å². The Kier molecular flexibility index (Phi) is 8.01. The summed E-state index contributed by atoms with van der Waals surface area (Å²) in [5.74, 6) is -0.904. The molecule has 2 aliphatic rings. The minimum Gasteiger partial charge on any atom is -0.358 e. The Morgan fingerprint density at radius 3 is 2.83 bits per heavy atom. The minimum absolute atomic E-state index is 0.154. The van der Waals surface area contributed by atoms with Crippen LogP contribution in [-0.2, 0) is 20.7 Å². The fraction of sp³-hybridized carbons (Fsp3) is 0.500. The number of carbonyl (C=O) groups excluding carboxylic acids is 2. The number of imidazole rings is 1. The largest absolute Gasteiger partial charge is 0.358 e. The smallest absolute Gasteiger partial charge is 0.314 e. The lowest BCUT2D eigenvalue weighted by atomic mass is 9.89. The molecule has 3 atom stereocenters. The zero-order chi connectivity index (χ0) is 28.5. The number of hydrogen-bond acceptors (Lipinski definition) is 8. The van der Waals surface area contributed by atoms with Crippen LogP contribution < -0.4 is 5.32 Å². The highest BCUT2D eigenvalue weighted by Crippen LogP contribution is 2.36. The molecular weight excluding hydrogens is 538 g/mol. The maximum absolute atomic E-state index is 13.7. The SMILES string of the molecule is C[C@@H]1CC[C@@H](c2ccc3sc(CCN(C)C)nc3c2)N(C(=O)C(=O)Nc2cncc3ncn(C4CCCCO4)c23)C1. The Hall–Kier alpha value is -3.41. The van der Waals surface area contributed by atoms with Gasteiger partial charge in [0, 0.05) is 26.1 Å². The monoisotopic (exact) mass is 575 g/mol. The van der Waals surface area contributed by atoms with Crippen LogP contribution in [0.5, 0.6) is 0 Å². The Labute approximate surface area is 243 Å². The van der Waals surface area contributed by atoms with Crippen LogP contribution in [0.4, 0.5) is 5.69 Å². The van der Waals surface area contributed by atoms with E-state index in [0.717, 1.165) is 71.4 Å². The molecule has 0 bridgehead atoms. The molecule has 216 valence electrons. The Balaban J connectivity index is 1.24. The Morgan fingerprint density at radius 1 is 1.15 bits per heavy atom. The van der Waals surface area contributed by atoms with Crippen LogP contribution in [0.15, 0.2) is 36.9 Å². The molecule has 0 radical (unpaired) electrons. The van der Waals surface area contributed by atoms with E-state index in [2.05, 4.69) is 59.4 Å². The first-order valence-electron chi connectivity index (χ1n) is 14.5. The molecule has 2 amide bonds. The average Bonchev–Trinajstić information content (AvgIpc) is 3.60. The van der Waals surface area contributed by atoms with Crippen molar-refractivity contribution < 1.29 is 14.3 Å². The van der Waals surface area contributed by atoms with Crippen LogP contribution in [0.25, 0.3) is 21.3 Å². The average molecular weight is 576 g/mol. The second kappa shape index (κ2) is 11.8. The van der Waals surface area contributed by atoms with Crippen molar-refractivity contribution in [3.63, 3.8) is 0 Å². The Bertz CT molecular complexity index is 1560. The second-order valence-corrected chi connectivity index (χ2v) is 12.6. The lowest BCUT2D eigenvalue weighted by Crippen LogP contribution is -2.46. The lowest BCUT2D eigenvalue weighted by Gasteiger charge is -2.38. The van der Waals surface area contributed by atoms with Gasteiger partial charge in [-0.15, -0.1) is 11.3 Å². The normalized spacial score (nSPS) is 21.6. The number of likely N-dealkylation sites (N-methyl/N-ethyl adjacent to an activating group) is 1. The van der Waals surface area contributed by atoms with Crippen molar-refractivity contribution in [1.29, 1.82) is 0 Å². The van der Waals surface area contributed by atoms with Gasteiger partial charge in [-0.1, -0.05) is 13.0 Å². The number of aromatic nitrogens is 4. The standard InChI is InChI=1S/C30H37N7O3S/c1-19-7-9-24(20-8-10-25-21(14-20)33-26(41-25)11-12-35(2)3)36(17-19)30(39)29(38)34-23-16-31-15-22-28(23)37(18-32-22)27-6-4-5-13-40-27/h8,10,14-16,18-19,24,27H,4-7,9,11-13,17H2,1-3H3,(H,34,38)/t19-,24+,27?/m1/s1. The first kappa shape index (κ1) is 27.7. The molecule has 6 rings (SSSR count). The zero-order valence-corrected chi connectivity index (χ0v) is 24.7. The van der Waals surface area contributed by atoms with E-state index in [1.54, 1.807) is 35.0 Å². The maximum Gasteiger partial charge on any atom is 0.314 e. The summed E-state index contributed by atoms with van der Waals surface area (Å²) in [5, 5.41) is 3.97. The molecule has 11 heteroatoms. The van der Waals surface area contributed by atoms with Crippen molar-refractivity contribution in [2.45, 2.75) is 57.7 Å². The first-order valence-corrected chi connectivity index (χ1v) is 15.3. The summed E-state index contributed by atoms with van der Waals surface area (Å²) in [7, 11) is 4.13. The van der Waals surface area contributed by atoms with Gasteiger partial charge in [0.1, 0.15) is 11.7 Å². The molecule has 1 aromatic carbocycles. The van der Waals surface area contributed by atoms with Gasteiger partial charge in [-0.05, 0) is 69.8 Å². The Morgan fingerprint density at radius 2 is 2.02 bits per heavy atom. The number of nitrogens with zero attached hydrogens (tertiary/aromatic N) is 6. The van der Waals surface area contributed by atoms with Crippen molar-refractivity contribution >= 4 is 50.1 Å². The highest BCUT2D eigenvalue weighted by atomic mass is 32.1. The molecule has 2 saturated heterocycles. The third-order valence-corrected chi connectivity index (χ3v) is 9.17. The van der Waals surface area contributed by atoms with Gasteiger partial charge in [0.05, 0.1) is 51.2 Å². The number of piperidine rings is 1. The van der Waals surface area contributed by atoms with E-state index >= 15 is 0 Å². The van der Waals surface area contributed by atoms with Crippen LogP contribution >= 0.6 is 11.3 Å². The van der Waals surface area contributed by atoms with Crippen molar-refractivity contribution in [3.8, 4) is 0 Å². The fourth-order valence-corrected chi connectivity index (χ4v) is 6.84. The summed E-state index contributed by atoms with van der Waals surface area (Å²) in [6.45, 7) is 4.29. The summed E-state index contributed by atoms with van der Waals surface area (Å²) in [6, 6.07) is 6.10. The highest BCUT2D eigenvalue weighted by molar-refractivity contribution is 7.18. The minimum atomic E-state index is -0.670. The number of hydrogen-bond donors (Lipinski definition) is 1. The van der Waals surface area contributed by atoms with E-state index in [4.69, 9.17) is 9.72 Å². The number of rotatable bonds is 6.